The van der Waals surface area contributed by atoms with Gasteiger partial charge in [-0.05, 0) is 24.9 Å². The number of hydrogen-bond acceptors (Lipinski definition) is 3. The van der Waals surface area contributed by atoms with Crippen LogP contribution in [0.3, 0.4) is 0 Å². The molecule has 1 saturated heterocycles. The molecule has 92 valence electrons. The normalized spacial score (nSPS) is 23.2. The van der Waals surface area contributed by atoms with Crippen molar-refractivity contribution in [3.63, 3.8) is 0 Å². The first-order valence-corrected chi connectivity index (χ1v) is 5.95. The molecule has 1 aliphatic heterocycles. The summed E-state index contributed by atoms with van der Waals surface area (Å²) in [4.78, 5) is 13.6. The minimum atomic E-state index is -0.425. The number of aliphatic hydroxyl groups excluding tert-OH is 1. The van der Waals surface area contributed by atoms with Crippen LogP contribution in [0.2, 0.25) is 0 Å². The van der Waals surface area contributed by atoms with Crippen LogP contribution in [0.1, 0.15) is 24.4 Å². The van der Waals surface area contributed by atoms with Gasteiger partial charge < -0.3 is 10.8 Å². The predicted octanol–water partition coefficient (Wildman–Crippen LogP) is 0.670. The summed E-state index contributed by atoms with van der Waals surface area (Å²) >= 11 is 0. The summed E-state index contributed by atoms with van der Waals surface area (Å²) in [7, 11) is 0. The van der Waals surface area contributed by atoms with Gasteiger partial charge in [0.05, 0.1) is 6.10 Å². The van der Waals surface area contributed by atoms with Crippen LogP contribution >= 0.6 is 0 Å². The average Bonchev–Trinajstić information content (AvgIpc) is 2.30. The molecule has 0 spiro atoms. The molecular weight excluding hydrogens is 216 g/mol. The van der Waals surface area contributed by atoms with Crippen molar-refractivity contribution >= 4 is 5.91 Å². The van der Waals surface area contributed by atoms with Gasteiger partial charge in [-0.25, -0.2) is 0 Å². The Labute approximate surface area is 101 Å². The standard InChI is InChI=1S/C13H18N2O2/c14-13(17)12(10-5-2-1-3-6-10)15-8-4-7-11(16)9-15/h1-3,5-6,11-12,16H,4,7-9H2,(H2,14,17)/t11-,12+/m0/s1. The van der Waals surface area contributed by atoms with Gasteiger partial charge in [0.15, 0.2) is 0 Å². The van der Waals surface area contributed by atoms with Crippen molar-refractivity contribution in [2.45, 2.75) is 25.0 Å². The summed E-state index contributed by atoms with van der Waals surface area (Å²) in [6.07, 6.45) is 1.35. The molecule has 17 heavy (non-hydrogen) atoms. The molecule has 4 nitrogen and oxygen atoms in total. The van der Waals surface area contributed by atoms with E-state index in [0.717, 1.165) is 24.9 Å². The molecule has 3 N–H and O–H groups in total. The van der Waals surface area contributed by atoms with Crippen molar-refractivity contribution < 1.29 is 9.90 Å². The monoisotopic (exact) mass is 234 g/mol. The number of rotatable bonds is 3. The van der Waals surface area contributed by atoms with Crippen LogP contribution in [0.25, 0.3) is 0 Å². The van der Waals surface area contributed by atoms with Gasteiger partial charge in [-0.15, -0.1) is 0 Å². The number of nitrogens with zero attached hydrogens (tertiary/aromatic N) is 1. The molecule has 1 aromatic carbocycles. The smallest absolute Gasteiger partial charge is 0.239 e. The van der Waals surface area contributed by atoms with Crippen LogP contribution in [0, 0.1) is 0 Å². The Morgan fingerprint density at radius 3 is 2.71 bits per heavy atom. The molecule has 0 saturated carbocycles. The lowest BCUT2D eigenvalue weighted by molar-refractivity contribution is -0.124. The van der Waals surface area contributed by atoms with Gasteiger partial charge in [0.25, 0.3) is 0 Å². The first-order chi connectivity index (χ1) is 8.18. The zero-order valence-corrected chi connectivity index (χ0v) is 9.75. The lowest BCUT2D eigenvalue weighted by atomic mass is 10.0. The van der Waals surface area contributed by atoms with Crippen LogP contribution in [0.4, 0.5) is 0 Å². The van der Waals surface area contributed by atoms with Crippen LogP contribution in [-0.2, 0) is 4.79 Å². The third-order valence-corrected chi connectivity index (χ3v) is 3.18. The van der Waals surface area contributed by atoms with Crippen molar-refractivity contribution in [2.75, 3.05) is 13.1 Å². The van der Waals surface area contributed by atoms with E-state index < -0.39 is 6.04 Å². The van der Waals surface area contributed by atoms with E-state index in [4.69, 9.17) is 5.73 Å². The molecule has 1 fully saturated rings. The number of hydrogen-bond donors (Lipinski definition) is 2. The quantitative estimate of drug-likeness (QED) is 0.807. The molecule has 0 bridgehead atoms. The Morgan fingerprint density at radius 2 is 2.12 bits per heavy atom. The molecule has 0 aliphatic carbocycles. The highest BCUT2D eigenvalue weighted by Crippen LogP contribution is 2.24. The molecule has 0 radical (unpaired) electrons. The fourth-order valence-corrected chi connectivity index (χ4v) is 2.41. The first-order valence-electron chi connectivity index (χ1n) is 5.95. The van der Waals surface area contributed by atoms with E-state index in [1.54, 1.807) is 0 Å². The summed E-state index contributed by atoms with van der Waals surface area (Å²) in [5, 5.41) is 9.66. The predicted molar refractivity (Wildman–Crippen MR) is 65.2 cm³/mol. The third kappa shape index (κ3) is 2.84. The minimum absolute atomic E-state index is 0.352. The maximum Gasteiger partial charge on any atom is 0.239 e. The number of amides is 1. The number of carbonyl (C=O) groups is 1. The van der Waals surface area contributed by atoms with E-state index in [1.807, 2.05) is 35.2 Å². The third-order valence-electron chi connectivity index (χ3n) is 3.18. The fourth-order valence-electron chi connectivity index (χ4n) is 2.41. The lowest BCUT2D eigenvalue weighted by Gasteiger charge is -2.35. The zero-order chi connectivity index (χ0) is 12.3. The van der Waals surface area contributed by atoms with Crippen molar-refractivity contribution in [1.82, 2.24) is 4.90 Å². The number of piperidine rings is 1. The van der Waals surface area contributed by atoms with E-state index >= 15 is 0 Å². The van der Waals surface area contributed by atoms with Gasteiger partial charge in [0, 0.05) is 6.54 Å². The Kier molecular flexibility index (Phi) is 3.76. The molecule has 0 unspecified atom stereocenters. The Hall–Kier alpha value is -1.39. The SMILES string of the molecule is NC(=O)[C@@H](c1ccccc1)N1CCC[C@H](O)C1. The number of likely N-dealkylation sites (tertiary alicyclic amines) is 1. The highest BCUT2D eigenvalue weighted by atomic mass is 16.3. The Morgan fingerprint density at radius 1 is 1.41 bits per heavy atom. The Bertz CT molecular complexity index is 380. The molecule has 1 amide bonds. The van der Waals surface area contributed by atoms with Crippen LogP contribution in [0.15, 0.2) is 30.3 Å². The zero-order valence-electron chi connectivity index (χ0n) is 9.75. The second-order valence-electron chi connectivity index (χ2n) is 4.51. The molecule has 0 aromatic heterocycles. The number of nitrogens with two attached hydrogens (primary N) is 1. The van der Waals surface area contributed by atoms with Crippen molar-refractivity contribution in [1.29, 1.82) is 0 Å². The Balaban J connectivity index is 2.20. The molecule has 1 aliphatic rings. The summed E-state index contributed by atoms with van der Waals surface area (Å²) in [5.41, 5.74) is 6.38. The fraction of sp³-hybridized carbons (Fsp3) is 0.462. The number of β-amino-alcohol motifs (C(OH)–C–C–N with tert-alkyl or cyclic N) is 1. The largest absolute Gasteiger partial charge is 0.392 e. The molecular formula is C13H18N2O2. The van der Waals surface area contributed by atoms with Crippen LogP contribution in [0.5, 0.6) is 0 Å². The second kappa shape index (κ2) is 5.29. The van der Waals surface area contributed by atoms with Gasteiger partial charge in [-0.2, -0.15) is 0 Å². The number of benzene rings is 1. The average molecular weight is 234 g/mol. The number of aliphatic hydroxyl groups is 1. The first kappa shape index (κ1) is 12.1. The van der Waals surface area contributed by atoms with Crippen LogP contribution in [-0.4, -0.2) is 35.1 Å². The molecule has 4 heteroatoms. The highest BCUT2D eigenvalue weighted by Gasteiger charge is 2.29. The van der Waals surface area contributed by atoms with E-state index in [0.29, 0.717) is 6.54 Å². The maximum atomic E-state index is 11.6. The lowest BCUT2D eigenvalue weighted by Crippen LogP contribution is -2.45. The maximum absolute atomic E-state index is 11.6. The number of primary amides is 1. The topological polar surface area (TPSA) is 66.6 Å². The highest BCUT2D eigenvalue weighted by molar-refractivity contribution is 5.81. The van der Waals surface area contributed by atoms with Gasteiger partial charge in [0.1, 0.15) is 6.04 Å². The van der Waals surface area contributed by atoms with Crippen molar-refractivity contribution in [3.05, 3.63) is 35.9 Å². The minimum Gasteiger partial charge on any atom is -0.392 e. The second-order valence-corrected chi connectivity index (χ2v) is 4.51. The molecule has 2 atom stereocenters. The molecule has 1 heterocycles. The van der Waals surface area contributed by atoms with Crippen LogP contribution < -0.4 is 5.73 Å². The summed E-state index contributed by atoms with van der Waals surface area (Å²) in [6.45, 7) is 1.32. The van der Waals surface area contributed by atoms with Crippen molar-refractivity contribution in [3.8, 4) is 0 Å². The summed E-state index contributed by atoms with van der Waals surface area (Å²) < 4.78 is 0. The van der Waals surface area contributed by atoms with E-state index in [1.165, 1.54) is 0 Å². The van der Waals surface area contributed by atoms with Gasteiger partial charge in [0.2, 0.25) is 5.91 Å². The summed E-state index contributed by atoms with van der Waals surface area (Å²) in [6, 6.07) is 9.07. The van der Waals surface area contributed by atoms with Gasteiger partial charge in [-0.3, -0.25) is 9.69 Å². The van der Waals surface area contributed by atoms with E-state index in [2.05, 4.69) is 0 Å². The molecule has 1 aromatic rings. The van der Waals surface area contributed by atoms with Gasteiger partial charge >= 0.3 is 0 Å². The molecule has 2 rings (SSSR count). The van der Waals surface area contributed by atoms with E-state index in [9.17, 15) is 9.90 Å². The van der Waals surface area contributed by atoms with Gasteiger partial charge in [-0.1, -0.05) is 30.3 Å². The van der Waals surface area contributed by atoms with E-state index in [-0.39, 0.29) is 12.0 Å². The number of carbonyl (C=O) groups excluding carboxylic acids is 1. The van der Waals surface area contributed by atoms with Crippen molar-refractivity contribution in [2.24, 2.45) is 5.73 Å². The summed E-state index contributed by atoms with van der Waals surface area (Å²) in [5.74, 6) is -0.356.